The van der Waals surface area contributed by atoms with Gasteiger partial charge in [0.25, 0.3) is 0 Å². The van der Waals surface area contributed by atoms with Gasteiger partial charge in [0, 0.05) is 19.4 Å². The van der Waals surface area contributed by atoms with Crippen LogP contribution in [0.3, 0.4) is 0 Å². The Kier molecular flexibility index (Phi) is 7.51. The molecule has 1 aromatic carbocycles. The summed E-state index contributed by atoms with van der Waals surface area (Å²) in [4.78, 5) is 13.7. The van der Waals surface area contributed by atoms with Gasteiger partial charge in [-0.25, -0.2) is 17.9 Å². The number of fused-ring (bicyclic) bond motifs is 1. The first-order valence-electron chi connectivity index (χ1n) is 9.84. The third-order valence-corrected chi connectivity index (χ3v) is 6.77. The average molecular weight is 515 g/mol. The number of pyridine rings is 2. The normalized spacial score (nSPS) is 10.9. The molecule has 0 fully saturated rings. The van der Waals surface area contributed by atoms with Crippen LogP contribution in [0.15, 0.2) is 95.0 Å². The Balaban J connectivity index is 0.00000162. The van der Waals surface area contributed by atoms with Crippen LogP contribution in [-0.2, 0) is 9.84 Å². The Morgan fingerprint density at radius 3 is 2.00 bits per heavy atom. The lowest BCUT2D eigenvalue weighted by molar-refractivity contribution is 0.597. The molecule has 0 aliphatic heterocycles. The quantitative estimate of drug-likeness (QED) is 0.366. The van der Waals surface area contributed by atoms with Crippen molar-refractivity contribution in [2.24, 2.45) is 0 Å². The Morgan fingerprint density at radius 1 is 0.794 bits per heavy atom. The first kappa shape index (κ1) is 25.1. The minimum Gasteiger partial charge on any atom is -0.370 e. The second kappa shape index (κ2) is 10.2. The summed E-state index contributed by atoms with van der Waals surface area (Å²) in [5, 5.41) is 7.45. The third-order valence-electron chi connectivity index (χ3n) is 4.96. The van der Waals surface area contributed by atoms with Crippen LogP contribution in [0, 0.1) is 0 Å². The van der Waals surface area contributed by atoms with Crippen LogP contribution < -0.4 is 5.32 Å². The van der Waals surface area contributed by atoms with Crippen LogP contribution in [0.5, 0.6) is 0 Å². The molecule has 8 nitrogen and oxygen atoms in total. The topological polar surface area (TPSA) is 102 Å². The Labute approximate surface area is 208 Å². The molecule has 0 saturated carbocycles. The number of hydrogen-bond donors (Lipinski definition) is 1. The molecular weight excluding hydrogens is 495 g/mol. The van der Waals surface area contributed by atoms with E-state index in [0.29, 0.717) is 22.8 Å². The van der Waals surface area contributed by atoms with Crippen molar-refractivity contribution in [3.05, 3.63) is 85.2 Å². The number of nitrogens with one attached hydrogen (secondary N) is 1. The molecule has 0 aliphatic carbocycles. The van der Waals surface area contributed by atoms with Gasteiger partial charge < -0.3 is 5.32 Å². The van der Waals surface area contributed by atoms with Crippen molar-refractivity contribution < 1.29 is 8.42 Å². The highest BCUT2D eigenvalue weighted by Crippen LogP contribution is 2.34. The second-order valence-corrected chi connectivity index (χ2v) is 8.82. The van der Waals surface area contributed by atoms with Gasteiger partial charge in [-0.2, -0.15) is 0 Å². The van der Waals surface area contributed by atoms with E-state index in [0.717, 1.165) is 0 Å². The lowest BCUT2D eigenvalue weighted by Crippen LogP contribution is -2.06. The highest BCUT2D eigenvalue weighted by molar-refractivity contribution is 7.91. The SMILES string of the molecule is CNc1nn2c(-c3ccccn3)cc(-c3ccccn3)nc2c1S(=O)(=O)c1ccccc1.Cl.Cl. The van der Waals surface area contributed by atoms with Crippen LogP contribution in [0.2, 0.25) is 0 Å². The van der Waals surface area contributed by atoms with Gasteiger partial charge in [0.1, 0.15) is 0 Å². The zero-order chi connectivity index (χ0) is 22.1. The van der Waals surface area contributed by atoms with Gasteiger partial charge in [-0.05, 0) is 42.5 Å². The van der Waals surface area contributed by atoms with Crippen molar-refractivity contribution >= 4 is 46.1 Å². The summed E-state index contributed by atoms with van der Waals surface area (Å²) >= 11 is 0. The number of nitrogens with zero attached hydrogens (tertiary/aromatic N) is 5. The lowest BCUT2D eigenvalue weighted by atomic mass is 10.2. The van der Waals surface area contributed by atoms with E-state index < -0.39 is 9.84 Å². The Hall–Kier alpha value is -3.53. The summed E-state index contributed by atoms with van der Waals surface area (Å²) in [6, 6.07) is 21.1. The van der Waals surface area contributed by atoms with Crippen LogP contribution >= 0.6 is 24.8 Å². The largest absolute Gasteiger partial charge is 0.370 e. The summed E-state index contributed by atoms with van der Waals surface area (Å²) in [6.45, 7) is 0. The molecule has 4 heterocycles. The fraction of sp³-hybridized carbons (Fsp3) is 0.0435. The van der Waals surface area contributed by atoms with Crippen molar-refractivity contribution in [2.45, 2.75) is 9.79 Å². The summed E-state index contributed by atoms with van der Waals surface area (Å²) in [5.41, 5.74) is 2.56. The molecule has 5 aromatic rings. The zero-order valence-corrected chi connectivity index (χ0v) is 20.3. The maximum absolute atomic E-state index is 13.6. The molecule has 0 amide bonds. The molecule has 0 spiro atoms. The highest BCUT2D eigenvalue weighted by Gasteiger charge is 2.30. The number of anilines is 1. The molecule has 0 bridgehead atoms. The number of rotatable bonds is 5. The molecule has 0 unspecified atom stereocenters. The number of aromatic nitrogens is 5. The summed E-state index contributed by atoms with van der Waals surface area (Å²) in [7, 11) is -2.28. The van der Waals surface area contributed by atoms with Gasteiger partial charge >= 0.3 is 0 Å². The third kappa shape index (κ3) is 4.33. The predicted molar refractivity (Wildman–Crippen MR) is 135 cm³/mol. The van der Waals surface area contributed by atoms with E-state index >= 15 is 0 Å². The van der Waals surface area contributed by atoms with Crippen molar-refractivity contribution in [3.63, 3.8) is 0 Å². The molecule has 5 rings (SSSR count). The predicted octanol–water partition coefficient (Wildman–Crippen LogP) is 4.57. The van der Waals surface area contributed by atoms with Gasteiger partial charge in [-0.3, -0.25) is 9.97 Å². The van der Waals surface area contributed by atoms with Crippen molar-refractivity contribution in [1.29, 1.82) is 0 Å². The van der Waals surface area contributed by atoms with Crippen molar-refractivity contribution in [1.82, 2.24) is 24.6 Å². The van der Waals surface area contributed by atoms with E-state index in [-0.39, 0.29) is 46.1 Å². The molecule has 0 atom stereocenters. The minimum absolute atomic E-state index is 0. The van der Waals surface area contributed by atoms with E-state index in [4.69, 9.17) is 0 Å². The lowest BCUT2D eigenvalue weighted by Gasteiger charge is -2.09. The highest BCUT2D eigenvalue weighted by atomic mass is 35.5. The van der Waals surface area contributed by atoms with E-state index in [2.05, 4.69) is 25.4 Å². The number of hydrogen-bond acceptors (Lipinski definition) is 7. The van der Waals surface area contributed by atoms with Gasteiger partial charge in [0.05, 0.1) is 27.7 Å². The molecule has 34 heavy (non-hydrogen) atoms. The van der Waals surface area contributed by atoms with Crippen molar-refractivity contribution in [2.75, 3.05) is 12.4 Å². The van der Waals surface area contributed by atoms with Crippen molar-refractivity contribution in [3.8, 4) is 22.8 Å². The van der Waals surface area contributed by atoms with Gasteiger partial charge in [0.15, 0.2) is 16.4 Å². The molecule has 0 saturated heterocycles. The van der Waals surface area contributed by atoms with Gasteiger partial charge in [-0.15, -0.1) is 29.9 Å². The Bertz CT molecular complexity index is 1510. The van der Waals surface area contributed by atoms with Crippen LogP contribution in [0.1, 0.15) is 0 Å². The van der Waals surface area contributed by atoms with Crippen LogP contribution in [-0.4, -0.2) is 40.0 Å². The summed E-state index contributed by atoms with van der Waals surface area (Å²) < 4.78 is 28.7. The molecular formula is C23H20Cl2N6O2S. The van der Waals surface area contributed by atoms with Crippen LogP contribution in [0.25, 0.3) is 28.4 Å². The molecule has 1 N–H and O–H groups in total. The first-order chi connectivity index (χ1) is 15.6. The van der Waals surface area contributed by atoms with Gasteiger partial charge in [0.2, 0.25) is 9.84 Å². The molecule has 174 valence electrons. The van der Waals surface area contributed by atoms with Gasteiger partial charge in [-0.1, -0.05) is 30.3 Å². The second-order valence-electron chi connectivity index (χ2n) is 6.94. The fourth-order valence-corrected chi connectivity index (χ4v) is 4.99. The smallest absolute Gasteiger partial charge is 0.214 e. The maximum atomic E-state index is 13.6. The number of benzene rings is 1. The summed E-state index contributed by atoms with van der Waals surface area (Å²) in [5.74, 6) is 0.205. The number of halogens is 2. The van der Waals surface area contributed by atoms with E-state index in [1.165, 1.54) is 4.52 Å². The zero-order valence-electron chi connectivity index (χ0n) is 17.9. The monoisotopic (exact) mass is 514 g/mol. The maximum Gasteiger partial charge on any atom is 0.214 e. The molecule has 0 radical (unpaired) electrons. The molecule has 11 heteroatoms. The Morgan fingerprint density at radius 2 is 1.41 bits per heavy atom. The average Bonchev–Trinajstić information content (AvgIpc) is 3.24. The number of sulfone groups is 1. The molecule has 4 aromatic heterocycles. The summed E-state index contributed by atoms with van der Waals surface area (Å²) in [6.07, 6.45) is 3.34. The van der Waals surface area contributed by atoms with E-state index in [1.807, 2.05) is 42.5 Å². The van der Waals surface area contributed by atoms with E-state index in [1.54, 1.807) is 49.8 Å². The van der Waals surface area contributed by atoms with Crippen LogP contribution in [0.4, 0.5) is 5.82 Å². The standard InChI is InChI=1S/C23H18N6O2S.2ClH/c1-24-22-21(32(30,31)16-9-3-2-4-10-16)23-27-19(17-11-5-7-13-25-17)15-20(29(23)28-22)18-12-6-8-14-26-18;;/h2-15H,1H3,(H,24,28);2*1H. The minimum atomic E-state index is -3.91. The fourth-order valence-electron chi connectivity index (χ4n) is 3.47. The van der Waals surface area contributed by atoms with E-state index in [9.17, 15) is 8.42 Å². The first-order valence-corrected chi connectivity index (χ1v) is 11.3. The molecule has 0 aliphatic rings.